The van der Waals surface area contributed by atoms with Crippen molar-refractivity contribution < 1.29 is 24.2 Å². The number of carbonyl (C=O) groups is 2. The van der Waals surface area contributed by atoms with E-state index in [1.807, 2.05) is 81.4 Å². The highest BCUT2D eigenvalue weighted by atomic mass is 16.6. The number of nitrogens with zero attached hydrogens (tertiary/aromatic N) is 2. The zero-order valence-corrected chi connectivity index (χ0v) is 20.6. The number of carbonyl (C=O) groups excluding carboxylic acids is 2. The molecule has 0 spiro atoms. The van der Waals surface area contributed by atoms with Crippen LogP contribution in [0.15, 0.2) is 60.7 Å². The van der Waals surface area contributed by atoms with Gasteiger partial charge in [0.05, 0.1) is 19.3 Å². The maximum Gasteiger partial charge on any atom is 0.411 e. The first-order valence-corrected chi connectivity index (χ1v) is 11.7. The molecule has 2 atom stereocenters. The number of rotatable bonds is 9. The number of amides is 1. The first kappa shape index (κ1) is 25.7. The lowest BCUT2D eigenvalue weighted by Gasteiger charge is -2.32. The van der Waals surface area contributed by atoms with Gasteiger partial charge in [0.25, 0.3) is 0 Å². The molecule has 34 heavy (non-hydrogen) atoms. The van der Waals surface area contributed by atoms with Crippen LogP contribution in [0, 0.1) is 0 Å². The van der Waals surface area contributed by atoms with Crippen molar-refractivity contribution in [3.8, 4) is 0 Å². The highest BCUT2D eigenvalue weighted by molar-refractivity contribution is 5.82. The summed E-state index contributed by atoms with van der Waals surface area (Å²) in [6, 6.07) is 19.2. The lowest BCUT2D eigenvalue weighted by molar-refractivity contribution is -0.146. The molecule has 1 heterocycles. The molecule has 0 saturated carbocycles. The summed E-state index contributed by atoms with van der Waals surface area (Å²) in [5.74, 6) is -0.556. The van der Waals surface area contributed by atoms with E-state index in [4.69, 9.17) is 9.47 Å². The topological polar surface area (TPSA) is 79.3 Å². The Labute approximate surface area is 202 Å². The van der Waals surface area contributed by atoms with Crippen molar-refractivity contribution in [2.45, 2.75) is 63.9 Å². The van der Waals surface area contributed by atoms with Crippen LogP contribution in [0.1, 0.15) is 44.7 Å². The second kappa shape index (κ2) is 11.0. The molecule has 1 amide bonds. The molecule has 1 N–H and O–H groups in total. The number of hydrogen-bond acceptors (Lipinski definition) is 6. The Hall–Kier alpha value is -2.90. The SMILES string of the molecule is CCC(C)(C)OC(=O)N1CC(O)(CN(Cc2ccccc2)Cc2ccccc2)C[C@H]1C(=O)OC. The molecule has 0 radical (unpaired) electrons. The molecule has 7 heteroatoms. The van der Waals surface area contributed by atoms with Crippen molar-refractivity contribution >= 4 is 12.1 Å². The molecule has 1 aliphatic rings. The average Bonchev–Trinajstić information content (AvgIpc) is 3.17. The molecule has 0 aromatic heterocycles. The number of aliphatic hydroxyl groups is 1. The molecule has 184 valence electrons. The maximum atomic E-state index is 13.0. The Bertz CT molecular complexity index is 909. The molecule has 3 rings (SSSR count). The fourth-order valence-electron chi connectivity index (χ4n) is 4.25. The van der Waals surface area contributed by atoms with E-state index in [-0.39, 0.29) is 19.5 Å². The maximum absolute atomic E-state index is 13.0. The predicted octanol–water partition coefficient (Wildman–Crippen LogP) is 3.99. The molecular weight excluding hydrogens is 432 g/mol. The van der Waals surface area contributed by atoms with Crippen molar-refractivity contribution in [2.75, 3.05) is 20.2 Å². The van der Waals surface area contributed by atoms with E-state index in [0.717, 1.165) is 11.1 Å². The van der Waals surface area contributed by atoms with E-state index >= 15 is 0 Å². The second-order valence-corrected chi connectivity index (χ2v) is 9.69. The highest BCUT2D eigenvalue weighted by Crippen LogP contribution is 2.31. The van der Waals surface area contributed by atoms with Crippen molar-refractivity contribution in [3.05, 3.63) is 71.8 Å². The highest BCUT2D eigenvalue weighted by Gasteiger charge is 2.50. The van der Waals surface area contributed by atoms with Gasteiger partial charge in [-0.05, 0) is 31.4 Å². The summed E-state index contributed by atoms with van der Waals surface area (Å²) in [7, 11) is 1.29. The third-order valence-electron chi connectivity index (χ3n) is 6.35. The van der Waals surface area contributed by atoms with Gasteiger partial charge in [-0.3, -0.25) is 9.80 Å². The van der Waals surface area contributed by atoms with Gasteiger partial charge in [-0.25, -0.2) is 9.59 Å². The molecule has 1 fully saturated rings. The van der Waals surface area contributed by atoms with Gasteiger partial charge < -0.3 is 14.6 Å². The lowest BCUT2D eigenvalue weighted by Crippen LogP contribution is -2.47. The lowest BCUT2D eigenvalue weighted by atomic mass is 9.98. The number of ether oxygens (including phenoxy) is 2. The average molecular weight is 469 g/mol. The molecule has 2 aromatic rings. The van der Waals surface area contributed by atoms with E-state index in [1.165, 1.54) is 12.0 Å². The van der Waals surface area contributed by atoms with Crippen LogP contribution in [0.5, 0.6) is 0 Å². The van der Waals surface area contributed by atoms with Crippen LogP contribution in [0.4, 0.5) is 4.79 Å². The quantitative estimate of drug-likeness (QED) is 0.561. The van der Waals surface area contributed by atoms with Crippen LogP contribution >= 0.6 is 0 Å². The van der Waals surface area contributed by atoms with Crippen molar-refractivity contribution in [1.82, 2.24) is 9.80 Å². The van der Waals surface area contributed by atoms with E-state index in [9.17, 15) is 14.7 Å². The van der Waals surface area contributed by atoms with Crippen LogP contribution in [-0.2, 0) is 27.4 Å². The zero-order chi connectivity index (χ0) is 24.8. The Morgan fingerprint density at radius 1 is 1.06 bits per heavy atom. The Kier molecular flexibility index (Phi) is 8.33. The second-order valence-electron chi connectivity index (χ2n) is 9.69. The summed E-state index contributed by atoms with van der Waals surface area (Å²) in [6.07, 6.45) is 0.0964. The van der Waals surface area contributed by atoms with Gasteiger partial charge in [-0.15, -0.1) is 0 Å². The van der Waals surface area contributed by atoms with E-state index < -0.39 is 29.3 Å². The standard InChI is InChI=1S/C27H36N2O5/c1-5-26(2,3)34-25(31)29-20-27(32,16-23(29)24(30)33-4)19-28(17-21-12-8-6-9-13-21)18-22-14-10-7-11-15-22/h6-15,23,32H,5,16-20H2,1-4H3/t23-,27?/m0/s1. The first-order valence-electron chi connectivity index (χ1n) is 11.7. The third kappa shape index (κ3) is 6.81. The van der Waals surface area contributed by atoms with Gasteiger partial charge in [0.1, 0.15) is 11.6 Å². The predicted molar refractivity (Wildman–Crippen MR) is 130 cm³/mol. The summed E-state index contributed by atoms with van der Waals surface area (Å²) in [4.78, 5) is 29.0. The van der Waals surface area contributed by atoms with E-state index in [0.29, 0.717) is 19.5 Å². The summed E-state index contributed by atoms with van der Waals surface area (Å²) in [6.45, 7) is 7.08. The minimum absolute atomic E-state index is 0.00846. The van der Waals surface area contributed by atoms with Crippen molar-refractivity contribution in [1.29, 1.82) is 0 Å². The van der Waals surface area contributed by atoms with Gasteiger partial charge in [0.15, 0.2) is 0 Å². The molecule has 1 aliphatic heterocycles. The van der Waals surface area contributed by atoms with Crippen LogP contribution in [0.25, 0.3) is 0 Å². The minimum atomic E-state index is -1.29. The van der Waals surface area contributed by atoms with Gasteiger partial charge in [0, 0.05) is 26.1 Å². The molecule has 0 bridgehead atoms. The number of β-amino-alcohol motifs (C(OH)–C–C–N with tert-alkyl or cyclic N) is 1. The smallest absolute Gasteiger partial charge is 0.411 e. The number of benzene rings is 2. The molecule has 7 nitrogen and oxygen atoms in total. The molecule has 1 saturated heterocycles. The summed E-state index contributed by atoms with van der Waals surface area (Å²) >= 11 is 0. The third-order valence-corrected chi connectivity index (χ3v) is 6.35. The normalized spacial score (nSPS) is 20.4. The Morgan fingerprint density at radius 2 is 1.59 bits per heavy atom. The zero-order valence-electron chi connectivity index (χ0n) is 20.6. The van der Waals surface area contributed by atoms with E-state index in [2.05, 4.69) is 4.90 Å². The molecular formula is C27H36N2O5. The van der Waals surface area contributed by atoms with Crippen LogP contribution in [-0.4, -0.2) is 64.4 Å². The summed E-state index contributed by atoms with van der Waals surface area (Å²) in [5, 5.41) is 11.6. The number of likely N-dealkylation sites (tertiary alicyclic amines) is 1. The number of hydrogen-bond donors (Lipinski definition) is 1. The molecule has 1 unspecified atom stereocenters. The summed E-state index contributed by atoms with van der Waals surface area (Å²) < 4.78 is 10.6. The fourth-order valence-corrected chi connectivity index (χ4v) is 4.25. The largest absolute Gasteiger partial charge is 0.467 e. The number of methoxy groups -OCH3 is 1. The monoisotopic (exact) mass is 468 g/mol. The summed E-state index contributed by atoms with van der Waals surface area (Å²) in [5.41, 5.74) is 0.263. The Balaban J connectivity index is 1.82. The number of esters is 1. The molecule has 2 aromatic carbocycles. The Morgan fingerprint density at radius 3 is 2.06 bits per heavy atom. The van der Waals surface area contributed by atoms with Crippen LogP contribution < -0.4 is 0 Å². The van der Waals surface area contributed by atoms with Crippen molar-refractivity contribution in [2.24, 2.45) is 0 Å². The van der Waals surface area contributed by atoms with Gasteiger partial charge in [0.2, 0.25) is 0 Å². The fraction of sp³-hybridized carbons (Fsp3) is 0.481. The van der Waals surface area contributed by atoms with Gasteiger partial charge in [-0.2, -0.15) is 0 Å². The van der Waals surface area contributed by atoms with Crippen molar-refractivity contribution in [3.63, 3.8) is 0 Å². The first-order chi connectivity index (χ1) is 16.1. The minimum Gasteiger partial charge on any atom is -0.467 e. The van der Waals surface area contributed by atoms with Gasteiger partial charge in [-0.1, -0.05) is 67.6 Å². The van der Waals surface area contributed by atoms with Gasteiger partial charge >= 0.3 is 12.1 Å². The molecule has 0 aliphatic carbocycles. The van der Waals surface area contributed by atoms with E-state index in [1.54, 1.807) is 0 Å². The van der Waals surface area contributed by atoms with Crippen LogP contribution in [0.3, 0.4) is 0 Å². The van der Waals surface area contributed by atoms with Crippen LogP contribution in [0.2, 0.25) is 0 Å².